The zero-order valence-corrected chi connectivity index (χ0v) is 12.9. The van der Waals surface area contributed by atoms with E-state index in [0.29, 0.717) is 0 Å². The first-order valence-corrected chi connectivity index (χ1v) is 7.62. The van der Waals surface area contributed by atoms with Crippen molar-refractivity contribution in [2.24, 2.45) is 17.1 Å². The fourth-order valence-electron chi connectivity index (χ4n) is 2.72. The lowest BCUT2D eigenvalue weighted by molar-refractivity contribution is -0.126. The predicted molar refractivity (Wildman–Crippen MR) is 79.9 cm³/mol. The van der Waals surface area contributed by atoms with Crippen LogP contribution in [0.4, 0.5) is 0 Å². The summed E-state index contributed by atoms with van der Waals surface area (Å²) in [4.78, 5) is 14.1. The Hall–Kier alpha value is -0.610. The number of carbonyl (C=O) groups is 1. The van der Waals surface area contributed by atoms with Crippen LogP contribution in [0.25, 0.3) is 0 Å². The van der Waals surface area contributed by atoms with Crippen molar-refractivity contribution in [1.29, 1.82) is 0 Å². The van der Waals surface area contributed by atoms with Gasteiger partial charge in [0, 0.05) is 13.6 Å². The Balaban J connectivity index is 2.21. The average molecular weight is 269 g/mol. The van der Waals surface area contributed by atoms with Gasteiger partial charge in [-0.1, -0.05) is 20.3 Å². The molecule has 4 heteroatoms. The Labute approximate surface area is 118 Å². The van der Waals surface area contributed by atoms with Crippen molar-refractivity contribution in [3.63, 3.8) is 0 Å². The zero-order chi connectivity index (χ0) is 14.3. The normalized spacial score (nSPS) is 21.4. The molecule has 1 saturated heterocycles. The van der Waals surface area contributed by atoms with Crippen LogP contribution in [0.5, 0.6) is 0 Å². The van der Waals surface area contributed by atoms with Crippen LogP contribution in [0.2, 0.25) is 0 Å². The van der Waals surface area contributed by atoms with Crippen LogP contribution >= 0.6 is 0 Å². The standard InChI is InChI=1S/C15H31N3O/c1-15(2,12-16)8-4-5-9-18-10-6-7-13(11-18)14(19)17-3/h13H,4-12,16H2,1-3H3,(H,17,19). The maximum Gasteiger partial charge on any atom is 0.224 e. The summed E-state index contributed by atoms with van der Waals surface area (Å²) in [5.41, 5.74) is 6.01. The van der Waals surface area contributed by atoms with E-state index in [9.17, 15) is 4.79 Å². The number of hydrogen-bond donors (Lipinski definition) is 2. The van der Waals surface area contributed by atoms with Gasteiger partial charge < -0.3 is 16.0 Å². The summed E-state index contributed by atoms with van der Waals surface area (Å²) in [5.74, 6) is 0.396. The Bertz CT molecular complexity index is 279. The van der Waals surface area contributed by atoms with Crippen LogP contribution < -0.4 is 11.1 Å². The molecule has 3 N–H and O–H groups in total. The molecule has 1 aliphatic heterocycles. The molecule has 0 saturated carbocycles. The third-order valence-electron chi connectivity index (χ3n) is 4.25. The molecule has 0 aliphatic carbocycles. The molecule has 1 amide bonds. The van der Waals surface area contributed by atoms with Crippen molar-refractivity contribution in [2.45, 2.75) is 46.0 Å². The minimum Gasteiger partial charge on any atom is -0.359 e. The van der Waals surface area contributed by atoms with Crippen LogP contribution in [0.15, 0.2) is 0 Å². The Morgan fingerprint density at radius 1 is 1.42 bits per heavy atom. The van der Waals surface area contributed by atoms with E-state index >= 15 is 0 Å². The van der Waals surface area contributed by atoms with Crippen LogP contribution in [-0.2, 0) is 4.79 Å². The third kappa shape index (κ3) is 5.91. The molecular weight excluding hydrogens is 238 g/mol. The van der Waals surface area contributed by atoms with Gasteiger partial charge in [-0.05, 0) is 50.7 Å². The average Bonchev–Trinajstić information content (AvgIpc) is 2.43. The van der Waals surface area contributed by atoms with E-state index in [1.807, 2.05) is 0 Å². The number of hydrogen-bond acceptors (Lipinski definition) is 3. The summed E-state index contributed by atoms with van der Waals surface area (Å²) in [5, 5.41) is 2.77. The number of carbonyl (C=O) groups excluding carboxylic acids is 1. The van der Waals surface area contributed by atoms with Crippen molar-refractivity contribution in [2.75, 3.05) is 33.2 Å². The maximum atomic E-state index is 11.7. The fraction of sp³-hybridized carbons (Fsp3) is 0.933. The molecule has 1 aliphatic rings. The molecule has 1 rings (SSSR count). The molecule has 0 bridgehead atoms. The first kappa shape index (κ1) is 16.4. The Morgan fingerprint density at radius 3 is 2.79 bits per heavy atom. The van der Waals surface area contributed by atoms with Crippen molar-refractivity contribution in [1.82, 2.24) is 10.2 Å². The first-order chi connectivity index (χ1) is 8.98. The number of nitrogens with one attached hydrogen (secondary N) is 1. The molecule has 0 radical (unpaired) electrons. The van der Waals surface area contributed by atoms with Crippen molar-refractivity contribution in [3.05, 3.63) is 0 Å². The molecule has 4 nitrogen and oxygen atoms in total. The lowest BCUT2D eigenvalue weighted by atomic mass is 9.87. The number of nitrogens with zero attached hydrogens (tertiary/aromatic N) is 1. The van der Waals surface area contributed by atoms with Crippen molar-refractivity contribution in [3.8, 4) is 0 Å². The fourth-order valence-corrected chi connectivity index (χ4v) is 2.72. The summed E-state index contributed by atoms with van der Waals surface area (Å²) in [6.45, 7) is 8.42. The number of likely N-dealkylation sites (tertiary alicyclic amines) is 1. The molecule has 1 heterocycles. The van der Waals surface area contributed by atoms with Gasteiger partial charge in [0.05, 0.1) is 5.92 Å². The highest BCUT2D eigenvalue weighted by atomic mass is 16.1. The lowest BCUT2D eigenvalue weighted by Gasteiger charge is -2.32. The van der Waals surface area contributed by atoms with Gasteiger partial charge in [-0.15, -0.1) is 0 Å². The SMILES string of the molecule is CNC(=O)C1CCCN(CCCCC(C)(C)CN)C1. The molecule has 1 atom stereocenters. The second-order valence-electron chi connectivity index (χ2n) is 6.58. The largest absolute Gasteiger partial charge is 0.359 e. The van der Waals surface area contributed by atoms with Gasteiger partial charge in [-0.3, -0.25) is 4.79 Å². The van der Waals surface area contributed by atoms with Crippen LogP contribution in [0.3, 0.4) is 0 Å². The van der Waals surface area contributed by atoms with Gasteiger partial charge in [0.25, 0.3) is 0 Å². The second-order valence-corrected chi connectivity index (χ2v) is 6.58. The van der Waals surface area contributed by atoms with Gasteiger partial charge in [0.15, 0.2) is 0 Å². The van der Waals surface area contributed by atoms with E-state index in [1.165, 1.54) is 19.3 Å². The first-order valence-electron chi connectivity index (χ1n) is 7.62. The summed E-state index contributed by atoms with van der Waals surface area (Å²) in [7, 11) is 1.73. The highest BCUT2D eigenvalue weighted by molar-refractivity contribution is 5.78. The van der Waals surface area contributed by atoms with E-state index in [-0.39, 0.29) is 17.2 Å². The van der Waals surface area contributed by atoms with Crippen LogP contribution in [0.1, 0.15) is 46.0 Å². The minimum absolute atomic E-state index is 0.194. The summed E-state index contributed by atoms with van der Waals surface area (Å²) in [6.07, 6.45) is 5.81. The van der Waals surface area contributed by atoms with E-state index in [1.54, 1.807) is 7.05 Å². The van der Waals surface area contributed by atoms with Gasteiger partial charge in [0.1, 0.15) is 0 Å². The molecule has 112 valence electrons. The number of piperidine rings is 1. The second kappa shape index (κ2) is 7.85. The molecule has 0 spiro atoms. The number of amides is 1. The van der Waals surface area contributed by atoms with Crippen LogP contribution in [-0.4, -0.2) is 44.0 Å². The van der Waals surface area contributed by atoms with E-state index in [2.05, 4.69) is 24.1 Å². The highest BCUT2D eigenvalue weighted by Gasteiger charge is 2.24. The topological polar surface area (TPSA) is 58.4 Å². The van der Waals surface area contributed by atoms with E-state index in [0.717, 1.165) is 39.0 Å². The van der Waals surface area contributed by atoms with Gasteiger partial charge >= 0.3 is 0 Å². The molecule has 0 aromatic rings. The zero-order valence-electron chi connectivity index (χ0n) is 12.9. The number of rotatable bonds is 7. The molecule has 19 heavy (non-hydrogen) atoms. The molecule has 1 fully saturated rings. The monoisotopic (exact) mass is 269 g/mol. The molecule has 0 aromatic carbocycles. The van der Waals surface area contributed by atoms with Crippen molar-refractivity contribution >= 4 is 5.91 Å². The highest BCUT2D eigenvalue weighted by Crippen LogP contribution is 2.22. The molecule has 1 unspecified atom stereocenters. The Kier molecular flexibility index (Phi) is 6.80. The molecular formula is C15H31N3O. The summed E-state index contributed by atoms with van der Waals surface area (Å²) < 4.78 is 0. The van der Waals surface area contributed by atoms with Gasteiger partial charge in [0.2, 0.25) is 5.91 Å². The number of unbranched alkanes of at least 4 members (excludes halogenated alkanes) is 1. The number of nitrogens with two attached hydrogens (primary N) is 1. The third-order valence-corrected chi connectivity index (χ3v) is 4.25. The maximum absolute atomic E-state index is 11.7. The summed E-state index contributed by atoms with van der Waals surface area (Å²) >= 11 is 0. The minimum atomic E-state index is 0.194. The van der Waals surface area contributed by atoms with E-state index in [4.69, 9.17) is 5.73 Å². The Morgan fingerprint density at radius 2 is 2.16 bits per heavy atom. The van der Waals surface area contributed by atoms with Crippen LogP contribution in [0, 0.1) is 11.3 Å². The lowest BCUT2D eigenvalue weighted by Crippen LogP contribution is -2.42. The van der Waals surface area contributed by atoms with Gasteiger partial charge in [-0.25, -0.2) is 0 Å². The molecule has 0 aromatic heterocycles. The summed E-state index contributed by atoms with van der Waals surface area (Å²) in [6, 6.07) is 0. The van der Waals surface area contributed by atoms with Gasteiger partial charge in [-0.2, -0.15) is 0 Å². The predicted octanol–water partition coefficient (Wildman–Crippen LogP) is 1.60. The van der Waals surface area contributed by atoms with E-state index < -0.39 is 0 Å². The quantitative estimate of drug-likeness (QED) is 0.690. The smallest absolute Gasteiger partial charge is 0.224 e. The van der Waals surface area contributed by atoms with Crippen molar-refractivity contribution < 1.29 is 4.79 Å².